The third-order valence-corrected chi connectivity index (χ3v) is 5.42. The van der Waals surface area contributed by atoms with Crippen LogP contribution < -0.4 is 15.0 Å². The number of aryl methyl sites for hydroxylation is 1. The van der Waals surface area contributed by atoms with Gasteiger partial charge < -0.3 is 4.74 Å². The van der Waals surface area contributed by atoms with Crippen LogP contribution in [0.5, 0.6) is 5.75 Å². The van der Waals surface area contributed by atoms with Crippen LogP contribution in [0, 0.1) is 6.92 Å². The minimum Gasteiger partial charge on any atom is -0.494 e. The van der Waals surface area contributed by atoms with Crippen LogP contribution in [0.4, 0.5) is 10.5 Å². The molecule has 3 rings (SSSR count). The van der Waals surface area contributed by atoms with Gasteiger partial charge in [0, 0.05) is 0 Å². The van der Waals surface area contributed by atoms with E-state index in [2.05, 4.69) is 12.2 Å². The third-order valence-electron chi connectivity index (χ3n) is 5.42. The summed E-state index contributed by atoms with van der Waals surface area (Å²) in [5.74, 6) is -0.596. The summed E-state index contributed by atoms with van der Waals surface area (Å²) in [6, 6.07) is 13.5. The molecule has 6 heteroatoms. The highest BCUT2D eigenvalue weighted by molar-refractivity contribution is 6.39. The van der Waals surface area contributed by atoms with Crippen LogP contribution in [-0.2, 0) is 9.59 Å². The number of anilines is 1. The first-order chi connectivity index (χ1) is 15.5. The molecule has 0 aliphatic carbocycles. The molecule has 0 aromatic heterocycles. The maximum absolute atomic E-state index is 13.0. The number of para-hydroxylation sites is 1. The maximum Gasteiger partial charge on any atom is 0.335 e. The second-order valence-electron chi connectivity index (χ2n) is 7.93. The number of barbiturate groups is 1. The Morgan fingerprint density at radius 3 is 2.31 bits per heavy atom. The molecule has 168 valence electrons. The average molecular weight is 435 g/mol. The summed E-state index contributed by atoms with van der Waals surface area (Å²) in [6.07, 6.45) is 8.72. The Morgan fingerprint density at radius 1 is 0.906 bits per heavy atom. The molecule has 1 heterocycles. The van der Waals surface area contributed by atoms with Crippen LogP contribution >= 0.6 is 0 Å². The third kappa shape index (κ3) is 5.84. The number of ether oxygens (including phenoxy) is 1. The smallest absolute Gasteiger partial charge is 0.335 e. The van der Waals surface area contributed by atoms with Crippen molar-refractivity contribution in [1.82, 2.24) is 5.32 Å². The minimum absolute atomic E-state index is 0.0893. The molecule has 1 fully saturated rings. The fourth-order valence-corrected chi connectivity index (χ4v) is 3.59. The zero-order valence-corrected chi connectivity index (χ0v) is 18.7. The second kappa shape index (κ2) is 11.3. The second-order valence-corrected chi connectivity index (χ2v) is 7.93. The van der Waals surface area contributed by atoms with Crippen LogP contribution in [0.2, 0.25) is 0 Å². The van der Waals surface area contributed by atoms with E-state index in [0.29, 0.717) is 17.9 Å². The lowest BCUT2D eigenvalue weighted by Gasteiger charge is -2.27. The zero-order chi connectivity index (χ0) is 22.9. The zero-order valence-electron chi connectivity index (χ0n) is 18.7. The highest BCUT2D eigenvalue weighted by Crippen LogP contribution is 2.25. The number of unbranched alkanes of at least 4 members (excludes halogenated alkanes) is 5. The fourth-order valence-electron chi connectivity index (χ4n) is 3.59. The average Bonchev–Trinajstić information content (AvgIpc) is 2.78. The molecule has 1 N–H and O–H groups in total. The highest BCUT2D eigenvalue weighted by Gasteiger charge is 2.37. The topological polar surface area (TPSA) is 75.7 Å². The number of rotatable bonds is 10. The standard InChI is InChI=1S/C26H30N2O4/c1-3-4-5-6-7-10-17-32-21-15-13-20(14-16-21)18-22-24(29)27-26(31)28(25(22)30)23-12-9-8-11-19(23)2/h8-9,11-16,18H,3-7,10,17H2,1-2H3,(H,27,29,31). The molecule has 0 bridgehead atoms. The Hall–Kier alpha value is -3.41. The van der Waals surface area contributed by atoms with Gasteiger partial charge in [-0.05, 0) is 48.7 Å². The van der Waals surface area contributed by atoms with Gasteiger partial charge in [-0.25, -0.2) is 9.69 Å². The predicted molar refractivity (Wildman–Crippen MR) is 125 cm³/mol. The van der Waals surface area contributed by atoms with E-state index in [-0.39, 0.29) is 5.57 Å². The number of imide groups is 2. The number of nitrogens with one attached hydrogen (secondary N) is 1. The molecule has 1 aliphatic rings. The quantitative estimate of drug-likeness (QED) is 0.309. The van der Waals surface area contributed by atoms with Crippen LogP contribution in [0.3, 0.4) is 0 Å². The summed E-state index contributed by atoms with van der Waals surface area (Å²) < 4.78 is 5.78. The molecule has 2 aromatic rings. The van der Waals surface area contributed by atoms with Crippen molar-refractivity contribution >= 4 is 29.6 Å². The monoisotopic (exact) mass is 434 g/mol. The molecule has 0 atom stereocenters. The molecule has 6 nitrogen and oxygen atoms in total. The van der Waals surface area contributed by atoms with Gasteiger partial charge in [0.2, 0.25) is 0 Å². The number of nitrogens with zero attached hydrogens (tertiary/aromatic N) is 1. The van der Waals surface area contributed by atoms with Crippen molar-refractivity contribution in [1.29, 1.82) is 0 Å². The molecular formula is C26H30N2O4. The molecule has 32 heavy (non-hydrogen) atoms. The van der Waals surface area contributed by atoms with Crippen molar-refractivity contribution in [3.8, 4) is 5.75 Å². The van der Waals surface area contributed by atoms with E-state index in [1.165, 1.54) is 31.8 Å². The lowest BCUT2D eigenvalue weighted by molar-refractivity contribution is -0.122. The van der Waals surface area contributed by atoms with Crippen LogP contribution in [0.25, 0.3) is 6.08 Å². The maximum atomic E-state index is 13.0. The van der Waals surface area contributed by atoms with Gasteiger partial charge in [-0.15, -0.1) is 0 Å². The Morgan fingerprint density at radius 2 is 1.59 bits per heavy atom. The van der Waals surface area contributed by atoms with Gasteiger partial charge in [0.25, 0.3) is 11.8 Å². The molecule has 0 radical (unpaired) electrons. The van der Waals surface area contributed by atoms with Crippen molar-refractivity contribution in [3.05, 3.63) is 65.2 Å². The summed E-state index contributed by atoms with van der Waals surface area (Å²) >= 11 is 0. The van der Waals surface area contributed by atoms with E-state index >= 15 is 0 Å². The molecule has 1 aliphatic heterocycles. The summed E-state index contributed by atoms with van der Waals surface area (Å²) in [5.41, 5.74) is 1.80. The van der Waals surface area contributed by atoms with Gasteiger partial charge >= 0.3 is 6.03 Å². The first-order valence-electron chi connectivity index (χ1n) is 11.2. The van der Waals surface area contributed by atoms with Crippen LogP contribution in [0.1, 0.15) is 56.6 Å². The van der Waals surface area contributed by atoms with Crippen molar-refractivity contribution in [3.63, 3.8) is 0 Å². The summed E-state index contributed by atoms with van der Waals surface area (Å²) in [7, 11) is 0. The van der Waals surface area contributed by atoms with Gasteiger partial charge in [-0.1, -0.05) is 69.4 Å². The largest absolute Gasteiger partial charge is 0.494 e. The van der Waals surface area contributed by atoms with Gasteiger partial charge in [0.15, 0.2) is 0 Å². The van der Waals surface area contributed by atoms with Gasteiger partial charge in [-0.2, -0.15) is 0 Å². The van der Waals surface area contributed by atoms with Gasteiger partial charge in [-0.3, -0.25) is 14.9 Å². The van der Waals surface area contributed by atoms with Crippen molar-refractivity contribution in [2.75, 3.05) is 11.5 Å². The van der Waals surface area contributed by atoms with E-state index in [0.717, 1.165) is 29.1 Å². The molecule has 1 saturated heterocycles. The molecule has 0 saturated carbocycles. The first-order valence-corrected chi connectivity index (χ1v) is 11.2. The number of benzene rings is 2. The SMILES string of the molecule is CCCCCCCCOc1ccc(C=C2C(=O)NC(=O)N(c3ccccc3C)C2=O)cc1. The number of amides is 4. The van der Waals surface area contributed by atoms with Gasteiger partial charge in [0.05, 0.1) is 12.3 Å². The van der Waals surface area contributed by atoms with Crippen molar-refractivity contribution in [2.45, 2.75) is 52.4 Å². The number of hydrogen-bond donors (Lipinski definition) is 1. The minimum atomic E-state index is -0.745. The summed E-state index contributed by atoms with van der Waals surface area (Å²) in [4.78, 5) is 38.7. The Bertz CT molecular complexity index is 995. The number of urea groups is 1. The lowest BCUT2D eigenvalue weighted by Crippen LogP contribution is -2.54. The highest BCUT2D eigenvalue weighted by atomic mass is 16.5. The Kier molecular flexibility index (Phi) is 8.20. The normalized spacial score (nSPS) is 15.2. The predicted octanol–water partition coefficient (Wildman–Crippen LogP) is 5.40. The molecule has 4 amide bonds. The van der Waals surface area contributed by atoms with E-state index in [1.54, 1.807) is 37.3 Å². The van der Waals surface area contributed by atoms with Crippen LogP contribution in [-0.4, -0.2) is 24.5 Å². The van der Waals surface area contributed by atoms with E-state index in [9.17, 15) is 14.4 Å². The number of carbonyl (C=O) groups is 3. The Balaban J connectivity index is 1.65. The van der Waals surface area contributed by atoms with E-state index < -0.39 is 17.8 Å². The summed E-state index contributed by atoms with van der Waals surface area (Å²) in [6.45, 7) is 4.68. The molecule has 0 unspecified atom stereocenters. The number of hydrogen-bond acceptors (Lipinski definition) is 4. The van der Waals surface area contributed by atoms with Gasteiger partial charge in [0.1, 0.15) is 11.3 Å². The Labute approximate surface area is 189 Å². The number of carbonyl (C=O) groups excluding carboxylic acids is 3. The van der Waals surface area contributed by atoms with E-state index in [1.807, 2.05) is 18.2 Å². The molecular weight excluding hydrogens is 404 g/mol. The fraction of sp³-hybridized carbons (Fsp3) is 0.346. The molecule has 2 aromatic carbocycles. The van der Waals surface area contributed by atoms with Crippen molar-refractivity contribution in [2.24, 2.45) is 0 Å². The first kappa shape index (κ1) is 23.3. The van der Waals surface area contributed by atoms with Crippen molar-refractivity contribution < 1.29 is 19.1 Å². The molecule has 0 spiro atoms. The lowest BCUT2D eigenvalue weighted by atomic mass is 10.1. The van der Waals surface area contributed by atoms with E-state index in [4.69, 9.17) is 4.74 Å². The van der Waals surface area contributed by atoms with Crippen LogP contribution in [0.15, 0.2) is 54.1 Å². The summed E-state index contributed by atoms with van der Waals surface area (Å²) in [5, 5.41) is 2.25.